The first kappa shape index (κ1) is 14.0. The third kappa shape index (κ3) is 3.42. The van der Waals surface area contributed by atoms with Gasteiger partial charge in [0.15, 0.2) is 0 Å². The van der Waals surface area contributed by atoms with Gasteiger partial charge in [0.2, 0.25) is 10.0 Å². The smallest absolute Gasteiger partial charge is 0.242 e. The Balaban J connectivity index is 2.95. The quantitative estimate of drug-likeness (QED) is 0.813. The highest BCUT2D eigenvalue weighted by atomic mass is 32.2. The molecule has 6 heteroatoms. The van der Waals surface area contributed by atoms with Crippen LogP contribution in [-0.2, 0) is 10.0 Å². The summed E-state index contributed by atoms with van der Waals surface area (Å²) in [5, 5.41) is 0. The van der Waals surface area contributed by atoms with Crippen LogP contribution >= 0.6 is 0 Å². The van der Waals surface area contributed by atoms with Gasteiger partial charge in [0.25, 0.3) is 0 Å². The van der Waals surface area contributed by atoms with Crippen LogP contribution < -0.4 is 10.5 Å². The Bertz CT molecular complexity index is 460. The number of methoxy groups -OCH3 is 1. The first-order valence-corrected chi connectivity index (χ1v) is 6.77. The fourth-order valence-electron chi connectivity index (χ4n) is 1.38. The zero-order valence-electron chi connectivity index (χ0n) is 10.1. The van der Waals surface area contributed by atoms with Crippen LogP contribution in [0.5, 0.6) is 5.75 Å². The van der Waals surface area contributed by atoms with Crippen LogP contribution in [0.4, 0.5) is 0 Å². The molecule has 1 rings (SSSR count). The van der Waals surface area contributed by atoms with Gasteiger partial charge in [-0.25, -0.2) is 12.7 Å². The Morgan fingerprint density at radius 3 is 2.71 bits per heavy atom. The Morgan fingerprint density at radius 1 is 1.41 bits per heavy atom. The summed E-state index contributed by atoms with van der Waals surface area (Å²) in [7, 11) is -0.396. The van der Waals surface area contributed by atoms with Crippen LogP contribution in [0.3, 0.4) is 0 Å². The summed E-state index contributed by atoms with van der Waals surface area (Å²) in [4.78, 5) is 0.233. The fraction of sp³-hybridized carbons (Fsp3) is 0.455. The molecule has 1 aromatic rings. The number of hydrogen-bond acceptors (Lipinski definition) is 4. The van der Waals surface area contributed by atoms with E-state index in [2.05, 4.69) is 0 Å². The zero-order chi connectivity index (χ0) is 12.9. The van der Waals surface area contributed by atoms with Crippen molar-refractivity contribution in [2.75, 3.05) is 27.2 Å². The molecule has 0 aromatic heterocycles. The van der Waals surface area contributed by atoms with E-state index < -0.39 is 10.0 Å². The third-order valence-electron chi connectivity index (χ3n) is 2.43. The van der Waals surface area contributed by atoms with Crippen molar-refractivity contribution in [1.29, 1.82) is 0 Å². The highest BCUT2D eigenvalue weighted by molar-refractivity contribution is 7.89. The van der Waals surface area contributed by atoms with E-state index in [0.29, 0.717) is 25.3 Å². The number of ether oxygens (including phenoxy) is 1. The lowest BCUT2D eigenvalue weighted by Gasteiger charge is -2.17. The molecule has 0 radical (unpaired) electrons. The Kier molecular flexibility index (Phi) is 4.92. The highest BCUT2D eigenvalue weighted by Gasteiger charge is 2.20. The second-order valence-electron chi connectivity index (χ2n) is 3.65. The van der Waals surface area contributed by atoms with Crippen LogP contribution in [-0.4, -0.2) is 40.0 Å². The molecule has 0 saturated carbocycles. The molecule has 0 bridgehead atoms. The normalized spacial score (nSPS) is 11.8. The molecule has 0 atom stereocenters. The van der Waals surface area contributed by atoms with E-state index in [4.69, 9.17) is 10.5 Å². The minimum Gasteiger partial charge on any atom is -0.497 e. The molecule has 96 valence electrons. The standard InChI is InChI=1S/C11H18N2O3S/c1-13(8-4-7-12)17(14,15)11-6-3-5-10(9-11)16-2/h3,5-6,9H,4,7-8,12H2,1-2H3. The molecule has 0 heterocycles. The van der Waals surface area contributed by atoms with Gasteiger partial charge in [-0.15, -0.1) is 0 Å². The van der Waals surface area contributed by atoms with Gasteiger partial charge in [0.1, 0.15) is 5.75 Å². The number of nitrogens with two attached hydrogens (primary N) is 1. The summed E-state index contributed by atoms with van der Waals surface area (Å²) in [6.07, 6.45) is 0.639. The number of nitrogens with zero attached hydrogens (tertiary/aromatic N) is 1. The van der Waals surface area contributed by atoms with Gasteiger partial charge in [-0.1, -0.05) is 6.07 Å². The minimum atomic E-state index is -3.45. The van der Waals surface area contributed by atoms with Crippen molar-refractivity contribution < 1.29 is 13.2 Å². The fourth-order valence-corrected chi connectivity index (χ4v) is 2.62. The van der Waals surface area contributed by atoms with E-state index in [9.17, 15) is 8.42 Å². The van der Waals surface area contributed by atoms with Crippen LogP contribution in [0.15, 0.2) is 29.2 Å². The van der Waals surface area contributed by atoms with Crippen molar-refractivity contribution in [2.45, 2.75) is 11.3 Å². The van der Waals surface area contributed by atoms with Crippen LogP contribution in [0.2, 0.25) is 0 Å². The summed E-state index contributed by atoms with van der Waals surface area (Å²) in [5.74, 6) is 0.526. The highest BCUT2D eigenvalue weighted by Crippen LogP contribution is 2.19. The summed E-state index contributed by atoms with van der Waals surface area (Å²) >= 11 is 0. The monoisotopic (exact) mass is 258 g/mol. The largest absolute Gasteiger partial charge is 0.497 e. The van der Waals surface area contributed by atoms with Gasteiger partial charge in [-0.05, 0) is 25.1 Å². The molecule has 2 N–H and O–H groups in total. The van der Waals surface area contributed by atoms with Crippen molar-refractivity contribution in [2.24, 2.45) is 5.73 Å². The van der Waals surface area contributed by atoms with E-state index in [0.717, 1.165) is 0 Å². The van der Waals surface area contributed by atoms with Gasteiger partial charge in [0.05, 0.1) is 12.0 Å². The summed E-state index contributed by atoms with van der Waals surface area (Å²) in [6, 6.07) is 6.42. The van der Waals surface area contributed by atoms with Crippen molar-refractivity contribution in [3.63, 3.8) is 0 Å². The average molecular weight is 258 g/mol. The maximum absolute atomic E-state index is 12.1. The van der Waals surface area contributed by atoms with E-state index >= 15 is 0 Å². The second kappa shape index (κ2) is 6.00. The van der Waals surface area contributed by atoms with Crippen molar-refractivity contribution >= 4 is 10.0 Å². The van der Waals surface area contributed by atoms with Crippen LogP contribution in [0, 0.1) is 0 Å². The van der Waals surface area contributed by atoms with E-state index in [1.807, 2.05) is 0 Å². The lowest BCUT2D eigenvalue weighted by Crippen LogP contribution is -2.29. The van der Waals surface area contributed by atoms with Crippen molar-refractivity contribution in [3.8, 4) is 5.75 Å². The third-order valence-corrected chi connectivity index (χ3v) is 4.28. The molecule has 0 unspecified atom stereocenters. The Morgan fingerprint density at radius 2 is 2.12 bits per heavy atom. The predicted octanol–water partition coefficient (Wildman–Crippen LogP) is 0.664. The molecule has 0 spiro atoms. The summed E-state index contributed by atoms with van der Waals surface area (Å²) in [6.45, 7) is 0.883. The molecule has 0 saturated heterocycles. The lowest BCUT2D eigenvalue weighted by molar-refractivity contribution is 0.412. The average Bonchev–Trinajstić information content (AvgIpc) is 2.35. The Labute approximate surface area is 102 Å². The molecule has 0 aliphatic carbocycles. The van der Waals surface area contributed by atoms with Gasteiger partial charge in [-0.2, -0.15) is 0 Å². The van der Waals surface area contributed by atoms with E-state index in [1.54, 1.807) is 25.2 Å². The molecular formula is C11H18N2O3S. The molecule has 0 fully saturated rings. The van der Waals surface area contributed by atoms with Crippen molar-refractivity contribution in [3.05, 3.63) is 24.3 Å². The van der Waals surface area contributed by atoms with Crippen LogP contribution in [0.25, 0.3) is 0 Å². The number of hydrogen-bond donors (Lipinski definition) is 1. The number of sulfonamides is 1. The SMILES string of the molecule is COc1cccc(S(=O)(=O)N(C)CCCN)c1. The maximum atomic E-state index is 12.1. The van der Waals surface area contributed by atoms with E-state index in [-0.39, 0.29) is 4.90 Å². The molecule has 0 amide bonds. The molecule has 17 heavy (non-hydrogen) atoms. The van der Waals surface area contributed by atoms with Crippen LogP contribution in [0.1, 0.15) is 6.42 Å². The molecule has 0 aliphatic rings. The molecule has 1 aromatic carbocycles. The Hall–Kier alpha value is -1.11. The molecular weight excluding hydrogens is 240 g/mol. The van der Waals surface area contributed by atoms with Gasteiger partial charge in [0, 0.05) is 19.7 Å². The topological polar surface area (TPSA) is 72.6 Å². The zero-order valence-corrected chi connectivity index (χ0v) is 10.9. The molecule has 5 nitrogen and oxygen atoms in total. The lowest BCUT2D eigenvalue weighted by atomic mass is 10.3. The van der Waals surface area contributed by atoms with Gasteiger partial charge < -0.3 is 10.5 Å². The summed E-state index contributed by atoms with van der Waals surface area (Å²) < 4.78 is 30.6. The second-order valence-corrected chi connectivity index (χ2v) is 5.69. The first-order valence-electron chi connectivity index (χ1n) is 5.33. The van der Waals surface area contributed by atoms with Crippen molar-refractivity contribution in [1.82, 2.24) is 4.31 Å². The number of rotatable bonds is 6. The van der Waals surface area contributed by atoms with Gasteiger partial charge >= 0.3 is 0 Å². The number of benzene rings is 1. The summed E-state index contributed by atoms with van der Waals surface area (Å²) in [5.41, 5.74) is 5.36. The maximum Gasteiger partial charge on any atom is 0.242 e. The minimum absolute atomic E-state index is 0.233. The predicted molar refractivity (Wildman–Crippen MR) is 66.5 cm³/mol. The first-order chi connectivity index (χ1) is 8.02. The van der Waals surface area contributed by atoms with Gasteiger partial charge in [-0.3, -0.25) is 0 Å². The molecule has 0 aliphatic heterocycles. The van der Waals surface area contributed by atoms with E-state index in [1.165, 1.54) is 17.5 Å².